The van der Waals surface area contributed by atoms with Crippen LogP contribution in [0.5, 0.6) is 5.88 Å². The molecule has 0 amide bonds. The van der Waals surface area contributed by atoms with Crippen LogP contribution in [-0.4, -0.2) is 23.6 Å². The highest BCUT2D eigenvalue weighted by Crippen LogP contribution is 2.24. The van der Waals surface area contributed by atoms with Crippen LogP contribution in [0.15, 0.2) is 12.1 Å². The molecule has 1 aromatic rings. The minimum Gasteiger partial charge on any atom is -0.481 e. The first kappa shape index (κ1) is 13.2. The van der Waals surface area contributed by atoms with Crippen LogP contribution >= 0.6 is 0 Å². The van der Waals surface area contributed by atoms with Crippen molar-refractivity contribution in [3.8, 4) is 5.88 Å². The molecule has 0 aromatic carbocycles. The third-order valence-electron chi connectivity index (χ3n) is 2.33. The highest BCUT2D eigenvalue weighted by molar-refractivity contribution is 5.56. The fourth-order valence-electron chi connectivity index (χ4n) is 1.41. The summed E-state index contributed by atoms with van der Waals surface area (Å²) in [5, 5.41) is 13.8. The van der Waals surface area contributed by atoms with Crippen molar-refractivity contribution in [2.75, 3.05) is 19.0 Å². The van der Waals surface area contributed by atoms with Crippen molar-refractivity contribution in [3.05, 3.63) is 22.2 Å². The number of unbranched alkanes of at least 4 members (excludes halogenated alkanes) is 2. The van der Waals surface area contributed by atoms with Crippen LogP contribution in [0.3, 0.4) is 0 Å². The molecule has 6 heteroatoms. The van der Waals surface area contributed by atoms with Gasteiger partial charge in [0.25, 0.3) is 0 Å². The van der Waals surface area contributed by atoms with Gasteiger partial charge in [-0.1, -0.05) is 19.8 Å². The summed E-state index contributed by atoms with van der Waals surface area (Å²) in [6.07, 6.45) is 3.16. The number of hydrogen-bond acceptors (Lipinski definition) is 5. The number of methoxy groups -OCH3 is 1. The molecule has 17 heavy (non-hydrogen) atoms. The summed E-state index contributed by atoms with van der Waals surface area (Å²) >= 11 is 0. The molecule has 0 fully saturated rings. The van der Waals surface area contributed by atoms with Gasteiger partial charge in [-0.3, -0.25) is 10.1 Å². The second-order valence-electron chi connectivity index (χ2n) is 3.61. The van der Waals surface area contributed by atoms with Crippen LogP contribution in [-0.2, 0) is 0 Å². The molecule has 0 saturated carbocycles. The van der Waals surface area contributed by atoms with E-state index in [0.29, 0.717) is 12.4 Å². The molecule has 0 bridgehead atoms. The van der Waals surface area contributed by atoms with Crippen molar-refractivity contribution in [1.82, 2.24) is 4.98 Å². The van der Waals surface area contributed by atoms with Gasteiger partial charge in [-0.2, -0.15) is 4.98 Å². The number of rotatable bonds is 7. The fourth-order valence-corrected chi connectivity index (χ4v) is 1.41. The number of nitrogens with one attached hydrogen (secondary N) is 1. The standard InChI is InChI=1S/C11H17N3O3/c1-3-4-5-8-12-11-9(14(15)16)6-7-10(13-11)17-2/h6-7H,3-5,8H2,1-2H3,(H,12,13). The Morgan fingerprint density at radius 1 is 1.47 bits per heavy atom. The van der Waals surface area contributed by atoms with E-state index >= 15 is 0 Å². The number of nitrogens with zero attached hydrogens (tertiary/aromatic N) is 2. The first-order chi connectivity index (χ1) is 8.19. The lowest BCUT2D eigenvalue weighted by Gasteiger charge is -2.07. The van der Waals surface area contributed by atoms with E-state index in [4.69, 9.17) is 4.74 Å². The van der Waals surface area contributed by atoms with Crippen LogP contribution in [0.25, 0.3) is 0 Å². The van der Waals surface area contributed by atoms with Gasteiger partial charge in [0.05, 0.1) is 12.0 Å². The molecule has 0 aliphatic carbocycles. The maximum absolute atomic E-state index is 10.8. The molecule has 94 valence electrons. The van der Waals surface area contributed by atoms with Gasteiger partial charge in [-0.05, 0) is 6.42 Å². The number of ether oxygens (including phenoxy) is 1. The Morgan fingerprint density at radius 2 is 2.24 bits per heavy atom. The van der Waals surface area contributed by atoms with Crippen LogP contribution < -0.4 is 10.1 Å². The summed E-state index contributed by atoms with van der Waals surface area (Å²) in [4.78, 5) is 14.4. The molecule has 0 spiro atoms. The first-order valence-corrected chi connectivity index (χ1v) is 5.62. The number of nitro groups is 1. The lowest BCUT2D eigenvalue weighted by molar-refractivity contribution is -0.384. The number of pyridine rings is 1. The minimum atomic E-state index is -0.450. The van der Waals surface area contributed by atoms with Crippen LogP contribution in [0.1, 0.15) is 26.2 Å². The van der Waals surface area contributed by atoms with E-state index in [1.54, 1.807) is 0 Å². The van der Waals surface area contributed by atoms with E-state index in [1.165, 1.54) is 19.2 Å². The van der Waals surface area contributed by atoms with Gasteiger partial charge in [0.2, 0.25) is 11.7 Å². The van der Waals surface area contributed by atoms with Crippen molar-refractivity contribution in [3.63, 3.8) is 0 Å². The van der Waals surface area contributed by atoms with E-state index in [0.717, 1.165) is 19.3 Å². The number of hydrogen-bond donors (Lipinski definition) is 1. The van der Waals surface area contributed by atoms with Gasteiger partial charge in [-0.15, -0.1) is 0 Å². The van der Waals surface area contributed by atoms with E-state index in [2.05, 4.69) is 17.2 Å². The maximum Gasteiger partial charge on any atom is 0.311 e. The lowest BCUT2D eigenvalue weighted by atomic mass is 10.2. The summed E-state index contributed by atoms with van der Waals surface area (Å²) in [5.41, 5.74) is -0.0256. The smallest absolute Gasteiger partial charge is 0.311 e. The molecular weight excluding hydrogens is 222 g/mol. The SMILES string of the molecule is CCCCCNc1nc(OC)ccc1[N+](=O)[O-]. The molecule has 1 aromatic heterocycles. The summed E-state index contributed by atoms with van der Waals surface area (Å²) in [6.45, 7) is 2.78. The summed E-state index contributed by atoms with van der Waals surface area (Å²) in [7, 11) is 1.48. The van der Waals surface area contributed by atoms with E-state index in [1.807, 2.05) is 0 Å². The predicted octanol–water partition coefficient (Wildman–Crippen LogP) is 2.60. The largest absolute Gasteiger partial charge is 0.481 e. The van der Waals surface area contributed by atoms with Crippen molar-refractivity contribution in [2.24, 2.45) is 0 Å². The average molecular weight is 239 g/mol. The molecule has 0 saturated heterocycles. The zero-order valence-corrected chi connectivity index (χ0v) is 10.1. The molecule has 0 unspecified atom stereocenters. The second-order valence-corrected chi connectivity index (χ2v) is 3.61. The van der Waals surface area contributed by atoms with Crippen LogP contribution in [0, 0.1) is 10.1 Å². The van der Waals surface area contributed by atoms with Gasteiger partial charge in [-0.25, -0.2) is 0 Å². The molecule has 1 rings (SSSR count). The minimum absolute atomic E-state index is 0.0256. The van der Waals surface area contributed by atoms with Crippen LogP contribution in [0.4, 0.5) is 11.5 Å². The van der Waals surface area contributed by atoms with Crippen molar-refractivity contribution in [1.29, 1.82) is 0 Å². The Kier molecular flexibility index (Phi) is 5.19. The molecule has 1 N–H and O–H groups in total. The second kappa shape index (κ2) is 6.67. The number of aromatic nitrogens is 1. The van der Waals surface area contributed by atoms with Gasteiger partial charge in [0.1, 0.15) is 0 Å². The first-order valence-electron chi connectivity index (χ1n) is 5.62. The zero-order chi connectivity index (χ0) is 12.7. The van der Waals surface area contributed by atoms with Gasteiger partial charge >= 0.3 is 5.69 Å². The highest BCUT2D eigenvalue weighted by atomic mass is 16.6. The fraction of sp³-hybridized carbons (Fsp3) is 0.545. The normalized spacial score (nSPS) is 10.0. The average Bonchev–Trinajstić information content (AvgIpc) is 2.34. The van der Waals surface area contributed by atoms with Crippen molar-refractivity contribution >= 4 is 11.5 Å². The van der Waals surface area contributed by atoms with E-state index in [9.17, 15) is 10.1 Å². The van der Waals surface area contributed by atoms with Crippen molar-refractivity contribution in [2.45, 2.75) is 26.2 Å². The Balaban J connectivity index is 2.75. The van der Waals surface area contributed by atoms with Crippen LogP contribution in [0.2, 0.25) is 0 Å². The van der Waals surface area contributed by atoms with E-state index < -0.39 is 4.92 Å². The van der Waals surface area contributed by atoms with Gasteiger partial charge < -0.3 is 10.1 Å². The molecule has 6 nitrogen and oxygen atoms in total. The van der Waals surface area contributed by atoms with Gasteiger partial charge in [0.15, 0.2) is 0 Å². The highest BCUT2D eigenvalue weighted by Gasteiger charge is 2.15. The monoisotopic (exact) mass is 239 g/mol. The summed E-state index contributed by atoms with van der Waals surface area (Å²) < 4.78 is 4.94. The molecule has 0 aliphatic heterocycles. The Hall–Kier alpha value is -1.85. The molecule has 0 aliphatic rings. The number of anilines is 1. The maximum atomic E-state index is 10.8. The van der Waals surface area contributed by atoms with Gasteiger partial charge in [0, 0.05) is 18.7 Å². The topological polar surface area (TPSA) is 77.3 Å². The molecule has 0 radical (unpaired) electrons. The summed E-state index contributed by atoms with van der Waals surface area (Å²) in [6, 6.07) is 2.88. The molecule has 0 atom stereocenters. The Bertz CT molecular complexity index is 382. The predicted molar refractivity (Wildman–Crippen MR) is 65.5 cm³/mol. The quantitative estimate of drug-likeness (QED) is 0.449. The van der Waals surface area contributed by atoms with E-state index in [-0.39, 0.29) is 11.5 Å². The Morgan fingerprint density at radius 3 is 2.82 bits per heavy atom. The Labute approximate surface area is 100 Å². The molecule has 1 heterocycles. The molecular formula is C11H17N3O3. The summed E-state index contributed by atoms with van der Waals surface area (Å²) in [5.74, 6) is 0.638. The zero-order valence-electron chi connectivity index (χ0n) is 10.1. The third kappa shape index (κ3) is 3.90. The van der Waals surface area contributed by atoms with Crippen molar-refractivity contribution < 1.29 is 9.66 Å². The lowest BCUT2D eigenvalue weighted by Crippen LogP contribution is -2.06. The third-order valence-corrected chi connectivity index (χ3v) is 2.33.